The second kappa shape index (κ2) is 3.99. The third kappa shape index (κ3) is 2.34. The summed E-state index contributed by atoms with van der Waals surface area (Å²) in [5, 5.41) is 3.43. The number of benzene rings is 1. The lowest BCUT2D eigenvalue weighted by Gasteiger charge is -2.05. The molecule has 1 fully saturated rings. The molecule has 76 valence electrons. The number of nitrogens with one attached hydrogen (secondary N) is 1. The molecule has 0 amide bonds. The fraction of sp³-hybridized carbons (Fsp3) is 0.455. The molecule has 0 spiro atoms. The Kier molecular flexibility index (Phi) is 2.88. The van der Waals surface area contributed by atoms with Crippen LogP contribution in [0.25, 0.3) is 0 Å². The zero-order valence-corrected chi connectivity index (χ0v) is 9.64. The van der Waals surface area contributed by atoms with Crippen molar-refractivity contribution in [1.82, 2.24) is 5.32 Å². The van der Waals surface area contributed by atoms with E-state index in [0.717, 1.165) is 22.5 Å². The molecular weight excluding hydrogens is 245 g/mol. The molecule has 1 aliphatic carbocycles. The topological polar surface area (TPSA) is 12.0 Å². The van der Waals surface area contributed by atoms with Crippen LogP contribution in [0.4, 0.5) is 4.39 Å². The van der Waals surface area contributed by atoms with Crippen molar-refractivity contribution in [2.75, 3.05) is 0 Å². The van der Waals surface area contributed by atoms with Crippen LogP contribution in [0.5, 0.6) is 0 Å². The summed E-state index contributed by atoms with van der Waals surface area (Å²) in [7, 11) is 0. The van der Waals surface area contributed by atoms with Gasteiger partial charge in [0.2, 0.25) is 0 Å². The van der Waals surface area contributed by atoms with Gasteiger partial charge >= 0.3 is 0 Å². The van der Waals surface area contributed by atoms with E-state index in [1.54, 1.807) is 0 Å². The number of rotatable bonds is 3. The SMILES string of the molecule is C[C@@H]1C[C@H]1NCc1ccc(F)cc1Br. The Morgan fingerprint density at radius 1 is 1.57 bits per heavy atom. The lowest BCUT2D eigenvalue weighted by atomic mass is 10.2. The van der Waals surface area contributed by atoms with Crippen molar-refractivity contribution in [2.45, 2.75) is 25.9 Å². The van der Waals surface area contributed by atoms with Gasteiger partial charge < -0.3 is 5.32 Å². The second-order valence-corrected chi connectivity index (χ2v) is 4.79. The molecule has 1 saturated carbocycles. The Labute approximate surface area is 91.8 Å². The summed E-state index contributed by atoms with van der Waals surface area (Å²) >= 11 is 3.35. The fourth-order valence-electron chi connectivity index (χ4n) is 1.51. The summed E-state index contributed by atoms with van der Waals surface area (Å²) in [5.74, 6) is 0.606. The van der Waals surface area contributed by atoms with Gasteiger partial charge in [-0.05, 0) is 30.0 Å². The Morgan fingerprint density at radius 2 is 2.29 bits per heavy atom. The molecule has 0 aliphatic heterocycles. The Balaban J connectivity index is 1.95. The molecule has 1 aromatic rings. The van der Waals surface area contributed by atoms with Crippen molar-refractivity contribution in [3.05, 3.63) is 34.1 Å². The van der Waals surface area contributed by atoms with Crippen LogP contribution in [-0.2, 0) is 6.54 Å². The van der Waals surface area contributed by atoms with Gasteiger partial charge in [0.05, 0.1) is 0 Å². The summed E-state index contributed by atoms with van der Waals surface area (Å²) in [6, 6.07) is 5.48. The fourth-order valence-corrected chi connectivity index (χ4v) is 2.00. The largest absolute Gasteiger partial charge is 0.310 e. The predicted molar refractivity (Wildman–Crippen MR) is 58.5 cm³/mol. The maximum atomic E-state index is 12.8. The Morgan fingerprint density at radius 3 is 2.86 bits per heavy atom. The number of hydrogen-bond acceptors (Lipinski definition) is 1. The predicted octanol–water partition coefficient (Wildman–Crippen LogP) is 3.09. The maximum absolute atomic E-state index is 12.8. The summed E-state index contributed by atoms with van der Waals surface area (Å²) in [6.45, 7) is 3.05. The lowest BCUT2D eigenvalue weighted by molar-refractivity contribution is 0.620. The van der Waals surface area contributed by atoms with Crippen LogP contribution in [0.3, 0.4) is 0 Å². The first-order valence-electron chi connectivity index (χ1n) is 4.84. The van der Waals surface area contributed by atoms with Gasteiger partial charge in [-0.1, -0.05) is 28.9 Å². The summed E-state index contributed by atoms with van der Waals surface area (Å²) in [6.07, 6.45) is 1.26. The molecule has 0 heterocycles. The first kappa shape index (κ1) is 10.1. The van der Waals surface area contributed by atoms with E-state index in [1.807, 2.05) is 6.07 Å². The minimum atomic E-state index is -0.194. The number of hydrogen-bond donors (Lipinski definition) is 1. The number of halogens is 2. The van der Waals surface area contributed by atoms with Crippen molar-refractivity contribution in [2.24, 2.45) is 5.92 Å². The molecule has 0 unspecified atom stereocenters. The van der Waals surface area contributed by atoms with Gasteiger partial charge in [-0.3, -0.25) is 0 Å². The monoisotopic (exact) mass is 257 g/mol. The molecule has 1 aliphatic rings. The minimum Gasteiger partial charge on any atom is -0.310 e. The van der Waals surface area contributed by atoms with Gasteiger partial charge in [0.1, 0.15) is 5.82 Å². The summed E-state index contributed by atoms with van der Waals surface area (Å²) in [4.78, 5) is 0. The molecule has 0 radical (unpaired) electrons. The normalized spacial score (nSPS) is 25.1. The van der Waals surface area contributed by atoms with Gasteiger partial charge in [-0.25, -0.2) is 4.39 Å². The van der Waals surface area contributed by atoms with Gasteiger partial charge in [-0.2, -0.15) is 0 Å². The second-order valence-electron chi connectivity index (χ2n) is 3.94. The Bertz CT molecular complexity index is 340. The van der Waals surface area contributed by atoms with E-state index in [1.165, 1.54) is 18.6 Å². The zero-order chi connectivity index (χ0) is 10.1. The average Bonchev–Trinajstić information content (AvgIpc) is 2.80. The molecule has 0 aromatic heterocycles. The van der Waals surface area contributed by atoms with Crippen LogP contribution in [0.1, 0.15) is 18.9 Å². The standard InChI is InChI=1S/C11H13BrFN/c1-7-4-11(7)14-6-8-2-3-9(13)5-10(8)12/h2-3,5,7,11,14H,4,6H2,1H3/t7-,11-/m1/s1. The van der Waals surface area contributed by atoms with E-state index in [9.17, 15) is 4.39 Å². The van der Waals surface area contributed by atoms with E-state index in [2.05, 4.69) is 28.2 Å². The van der Waals surface area contributed by atoms with Crippen LogP contribution in [0.2, 0.25) is 0 Å². The van der Waals surface area contributed by atoms with Crippen molar-refractivity contribution in [1.29, 1.82) is 0 Å². The highest BCUT2D eigenvalue weighted by Crippen LogP contribution is 2.29. The highest BCUT2D eigenvalue weighted by atomic mass is 79.9. The van der Waals surface area contributed by atoms with E-state index >= 15 is 0 Å². The molecule has 1 nitrogen and oxygen atoms in total. The lowest BCUT2D eigenvalue weighted by Crippen LogP contribution is -2.17. The van der Waals surface area contributed by atoms with Crippen molar-refractivity contribution < 1.29 is 4.39 Å². The summed E-state index contributed by atoms with van der Waals surface area (Å²) < 4.78 is 13.6. The van der Waals surface area contributed by atoms with Crippen molar-refractivity contribution in [3.63, 3.8) is 0 Å². The minimum absolute atomic E-state index is 0.194. The molecule has 2 rings (SSSR count). The van der Waals surface area contributed by atoms with Gasteiger partial charge in [0, 0.05) is 17.1 Å². The van der Waals surface area contributed by atoms with Crippen LogP contribution in [0.15, 0.2) is 22.7 Å². The van der Waals surface area contributed by atoms with Gasteiger partial charge in [-0.15, -0.1) is 0 Å². The van der Waals surface area contributed by atoms with Crippen LogP contribution in [-0.4, -0.2) is 6.04 Å². The van der Waals surface area contributed by atoms with E-state index in [0.29, 0.717) is 6.04 Å². The molecule has 2 atom stereocenters. The first-order chi connectivity index (χ1) is 6.66. The molecule has 1 N–H and O–H groups in total. The van der Waals surface area contributed by atoms with Crippen LogP contribution >= 0.6 is 15.9 Å². The third-order valence-corrected chi connectivity index (χ3v) is 3.42. The van der Waals surface area contributed by atoms with Crippen LogP contribution in [0, 0.1) is 11.7 Å². The maximum Gasteiger partial charge on any atom is 0.124 e. The zero-order valence-electron chi connectivity index (χ0n) is 8.06. The first-order valence-corrected chi connectivity index (χ1v) is 5.63. The molecule has 14 heavy (non-hydrogen) atoms. The Hall–Kier alpha value is -0.410. The molecular formula is C11H13BrFN. The smallest absolute Gasteiger partial charge is 0.124 e. The quantitative estimate of drug-likeness (QED) is 0.878. The average molecular weight is 258 g/mol. The van der Waals surface area contributed by atoms with Crippen molar-refractivity contribution in [3.8, 4) is 0 Å². The molecule has 0 saturated heterocycles. The van der Waals surface area contributed by atoms with Gasteiger partial charge in [0.15, 0.2) is 0 Å². The molecule has 3 heteroatoms. The highest BCUT2D eigenvalue weighted by molar-refractivity contribution is 9.10. The third-order valence-electron chi connectivity index (χ3n) is 2.68. The van der Waals surface area contributed by atoms with E-state index in [-0.39, 0.29) is 5.82 Å². The van der Waals surface area contributed by atoms with Crippen LogP contribution < -0.4 is 5.32 Å². The van der Waals surface area contributed by atoms with E-state index < -0.39 is 0 Å². The molecule has 1 aromatic carbocycles. The van der Waals surface area contributed by atoms with Gasteiger partial charge in [0.25, 0.3) is 0 Å². The highest BCUT2D eigenvalue weighted by Gasteiger charge is 2.31. The van der Waals surface area contributed by atoms with Crippen molar-refractivity contribution >= 4 is 15.9 Å². The summed E-state index contributed by atoms with van der Waals surface area (Å²) in [5.41, 5.74) is 1.12. The molecule has 0 bridgehead atoms. The van der Waals surface area contributed by atoms with E-state index in [4.69, 9.17) is 0 Å².